The molecule has 0 amide bonds. The SMILES string of the molecule is C=C/C=C\C(=C/C=C)COCCCOC.CC.CC.CC. The number of hydrogen-bond donors (Lipinski definition) is 0. The van der Waals surface area contributed by atoms with Crippen LogP contribution in [0.25, 0.3) is 0 Å². The fourth-order valence-corrected chi connectivity index (χ4v) is 0.990. The lowest BCUT2D eigenvalue weighted by atomic mass is 10.2. The molecule has 2 heteroatoms. The van der Waals surface area contributed by atoms with Crippen molar-refractivity contribution >= 4 is 0 Å². The van der Waals surface area contributed by atoms with Crippen molar-refractivity contribution in [2.45, 2.75) is 48.0 Å². The van der Waals surface area contributed by atoms with Crippen LogP contribution in [0.1, 0.15) is 48.0 Å². The van der Waals surface area contributed by atoms with Gasteiger partial charge in [0.05, 0.1) is 6.61 Å². The van der Waals surface area contributed by atoms with Crippen LogP contribution in [-0.4, -0.2) is 26.9 Å². The molecule has 0 heterocycles. The van der Waals surface area contributed by atoms with Crippen LogP contribution < -0.4 is 0 Å². The fraction of sp³-hybridized carbons (Fsp3) is 0.579. The Hall–Kier alpha value is -1.12. The van der Waals surface area contributed by atoms with Crippen LogP contribution in [0.2, 0.25) is 0 Å². The van der Waals surface area contributed by atoms with Crippen LogP contribution in [0.15, 0.2) is 49.1 Å². The van der Waals surface area contributed by atoms with Gasteiger partial charge in [0.25, 0.3) is 0 Å². The lowest BCUT2D eigenvalue weighted by molar-refractivity contribution is 0.118. The van der Waals surface area contributed by atoms with E-state index in [4.69, 9.17) is 9.47 Å². The third kappa shape index (κ3) is 32.4. The van der Waals surface area contributed by atoms with Crippen molar-refractivity contribution < 1.29 is 9.47 Å². The maximum Gasteiger partial charge on any atom is 0.0716 e. The first kappa shape index (κ1) is 28.1. The smallest absolute Gasteiger partial charge is 0.0716 e. The van der Waals surface area contributed by atoms with Crippen LogP contribution in [0.4, 0.5) is 0 Å². The molecule has 0 radical (unpaired) electrons. The normalized spacial score (nSPS) is 9.38. The summed E-state index contributed by atoms with van der Waals surface area (Å²) >= 11 is 0. The number of ether oxygens (including phenoxy) is 2. The first-order chi connectivity index (χ1) is 10.3. The van der Waals surface area contributed by atoms with Crippen molar-refractivity contribution in [1.82, 2.24) is 0 Å². The van der Waals surface area contributed by atoms with E-state index >= 15 is 0 Å². The molecule has 0 aromatic rings. The molecule has 0 N–H and O–H groups in total. The summed E-state index contributed by atoms with van der Waals surface area (Å²) in [5.74, 6) is 0. The molecule has 21 heavy (non-hydrogen) atoms. The molecule has 0 aromatic carbocycles. The summed E-state index contributed by atoms with van der Waals surface area (Å²) in [5.41, 5.74) is 1.09. The Kier molecular flexibility index (Phi) is 48.7. The minimum absolute atomic E-state index is 0.597. The van der Waals surface area contributed by atoms with Gasteiger partial charge >= 0.3 is 0 Å². The van der Waals surface area contributed by atoms with E-state index in [2.05, 4.69) is 13.2 Å². The Labute approximate surface area is 134 Å². The van der Waals surface area contributed by atoms with E-state index in [-0.39, 0.29) is 0 Å². The van der Waals surface area contributed by atoms with Crippen LogP contribution in [0, 0.1) is 0 Å². The van der Waals surface area contributed by atoms with E-state index in [9.17, 15) is 0 Å². The van der Waals surface area contributed by atoms with Gasteiger partial charge in [0, 0.05) is 20.3 Å². The molecule has 0 saturated heterocycles. The summed E-state index contributed by atoms with van der Waals surface area (Å²) in [7, 11) is 1.69. The molecule has 0 rings (SSSR count). The molecule has 0 fully saturated rings. The van der Waals surface area contributed by atoms with E-state index < -0.39 is 0 Å². The second-order valence-electron chi connectivity index (χ2n) is 2.97. The van der Waals surface area contributed by atoms with Gasteiger partial charge in [0.2, 0.25) is 0 Å². The molecular weight excluding hydrogens is 260 g/mol. The molecule has 0 aliphatic carbocycles. The van der Waals surface area contributed by atoms with Gasteiger partial charge in [-0.15, -0.1) is 0 Å². The van der Waals surface area contributed by atoms with Crippen molar-refractivity contribution in [2.75, 3.05) is 26.9 Å². The standard InChI is InChI=1S/C13H20O2.3C2H6/c1-4-6-9-13(8-5-2)12-15-11-7-10-14-3;3*1-2/h4-6,8-9H,1-2,7,10-12H2,3H3;3*1-2H3/b9-6-,13-8+;;;. The van der Waals surface area contributed by atoms with E-state index in [0.29, 0.717) is 13.2 Å². The van der Waals surface area contributed by atoms with Crippen molar-refractivity contribution in [3.63, 3.8) is 0 Å². The molecule has 0 aromatic heterocycles. The molecular formula is C19H38O2. The molecule has 0 atom stereocenters. The number of methoxy groups -OCH3 is 1. The Balaban J connectivity index is -0.000000212. The van der Waals surface area contributed by atoms with Crippen LogP contribution in [-0.2, 0) is 9.47 Å². The number of hydrogen-bond acceptors (Lipinski definition) is 2. The zero-order valence-electron chi connectivity index (χ0n) is 15.4. The molecule has 0 saturated carbocycles. The van der Waals surface area contributed by atoms with Gasteiger partial charge in [-0.3, -0.25) is 0 Å². The third-order valence-electron chi connectivity index (χ3n) is 1.68. The van der Waals surface area contributed by atoms with Crippen LogP contribution >= 0.6 is 0 Å². The largest absolute Gasteiger partial charge is 0.385 e. The van der Waals surface area contributed by atoms with E-state index in [1.54, 1.807) is 19.3 Å². The van der Waals surface area contributed by atoms with Crippen molar-refractivity contribution in [3.05, 3.63) is 49.1 Å². The van der Waals surface area contributed by atoms with Gasteiger partial charge in [-0.25, -0.2) is 0 Å². The van der Waals surface area contributed by atoms with Gasteiger partial charge in [-0.05, 0) is 12.0 Å². The van der Waals surface area contributed by atoms with E-state index in [1.807, 2.05) is 59.8 Å². The second-order valence-corrected chi connectivity index (χ2v) is 2.97. The molecule has 0 bridgehead atoms. The van der Waals surface area contributed by atoms with Crippen molar-refractivity contribution in [3.8, 4) is 0 Å². The predicted molar refractivity (Wildman–Crippen MR) is 99.0 cm³/mol. The maximum absolute atomic E-state index is 5.47. The lowest BCUT2D eigenvalue weighted by Gasteiger charge is -2.04. The Morgan fingerprint density at radius 1 is 0.905 bits per heavy atom. The number of rotatable bonds is 9. The molecule has 0 aliphatic rings. The highest BCUT2D eigenvalue weighted by molar-refractivity contribution is 5.25. The van der Waals surface area contributed by atoms with Crippen LogP contribution in [0.5, 0.6) is 0 Å². The van der Waals surface area contributed by atoms with Gasteiger partial charge in [0.1, 0.15) is 0 Å². The summed E-state index contributed by atoms with van der Waals surface area (Å²) in [4.78, 5) is 0. The van der Waals surface area contributed by atoms with Gasteiger partial charge in [0.15, 0.2) is 0 Å². The van der Waals surface area contributed by atoms with Crippen molar-refractivity contribution in [2.24, 2.45) is 0 Å². The van der Waals surface area contributed by atoms with E-state index in [0.717, 1.165) is 18.6 Å². The Bertz CT molecular complexity index is 228. The average molecular weight is 299 g/mol. The maximum atomic E-state index is 5.47. The predicted octanol–water partition coefficient (Wildman–Crippen LogP) is 5.97. The highest BCUT2D eigenvalue weighted by atomic mass is 16.5. The monoisotopic (exact) mass is 298 g/mol. The van der Waals surface area contributed by atoms with Gasteiger partial charge in [-0.1, -0.05) is 85.1 Å². The first-order valence-corrected chi connectivity index (χ1v) is 8.02. The molecule has 0 aliphatic heterocycles. The topological polar surface area (TPSA) is 18.5 Å². The minimum Gasteiger partial charge on any atom is -0.385 e. The highest BCUT2D eigenvalue weighted by Gasteiger charge is 1.92. The zero-order valence-corrected chi connectivity index (χ0v) is 15.4. The summed E-state index contributed by atoms with van der Waals surface area (Å²) in [6.45, 7) is 21.3. The summed E-state index contributed by atoms with van der Waals surface area (Å²) < 4.78 is 10.4. The summed E-state index contributed by atoms with van der Waals surface area (Å²) in [6, 6.07) is 0. The van der Waals surface area contributed by atoms with Gasteiger partial charge < -0.3 is 9.47 Å². The Morgan fingerprint density at radius 2 is 1.48 bits per heavy atom. The van der Waals surface area contributed by atoms with Gasteiger partial charge in [-0.2, -0.15) is 0 Å². The fourth-order valence-electron chi connectivity index (χ4n) is 0.990. The summed E-state index contributed by atoms with van der Waals surface area (Å²) in [5, 5.41) is 0. The molecule has 126 valence electrons. The molecule has 0 unspecified atom stereocenters. The molecule has 0 spiro atoms. The minimum atomic E-state index is 0.597. The molecule has 2 nitrogen and oxygen atoms in total. The third-order valence-corrected chi connectivity index (χ3v) is 1.68. The van der Waals surface area contributed by atoms with E-state index in [1.165, 1.54) is 0 Å². The second kappa shape index (κ2) is 36.4. The van der Waals surface area contributed by atoms with Crippen LogP contribution in [0.3, 0.4) is 0 Å². The van der Waals surface area contributed by atoms with Crippen molar-refractivity contribution in [1.29, 1.82) is 0 Å². The average Bonchev–Trinajstić information content (AvgIpc) is 2.58. The number of allylic oxidation sites excluding steroid dienone is 4. The highest BCUT2D eigenvalue weighted by Crippen LogP contribution is 1.99. The lowest BCUT2D eigenvalue weighted by Crippen LogP contribution is -2.01. The quantitative estimate of drug-likeness (QED) is 0.385. The zero-order chi connectivity index (χ0) is 17.4. The summed E-state index contributed by atoms with van der Waals surface area (Å²) in [6.07, 6.45) is 10.2. The first-order valence-electron chi connectivity index (χ1n) is 8.02. The Morgan fingerprint density at radius 3 is 1.90 bits per heavy atom.